The fourth-order valence-corrected chi connectivity index (χ4v) is 7.35. The van der Waals surface area contributed by atoms with Gasteiger partial charge in [-0.2, -0.15) is 0 Å². The number of hydrogen-bond donors (Lipinski definition) is 0. The lowest BCUT2D eigenvalue weighted by molar-refractivity contribution is -0.132. The topological polar surface area (TPSA) is 47.1 Å². The van der Waals surface area contributed by atoms with Crippen LogP contribution in [0.4, 0.5) is 20.2 Å². The van der Waals surface area contributed by atoms with Crippen molar-refractivity contribution in [1.29, 1.82) is 0 Å². The number of carbonyl (C=O) groups excluding carboxylic acids is 2. The van der Waals surface area contributed by atoms with Gasteiger partial charge in [0.25, 0.3) is 5.91 Å². The average Bonchev–Trinajstić information content (AvgIpc) is 3.33. The number of piperidine rings is 1. The summed E-state index contributed by atoms with van der Waals surface area (Å²) in [5.74, 6) is -0.294. The molecular weight excluding hydrogens is 570 g/mol. The molecule has 0 spiro atoms. The van der Waals surface area contributed by atoms with Crippen molar-refractivity contribution in [2.45, 2.75) is 44.6 Å². The lowest BCUT2D eigenvalue weighted by Crippen LogP contribution is -2.50. The van der Waals surface area contributed by atoms with Gasteiger partial charge in [-0.25, -0.2) is 8.78 Å². The molecule has 6 nitrogen and oxygen atoms in total. The Labute approximate surface area is 256 Å². The van der Waals surface area contributed by atoms with Crippen molar-refractivity contribution in [3.63, 3.8) is 0 Å². The predicted octanol–water partition coefficient (Wildman–Crippen LogP) is 6.26. The highest BCUT2D eigenvalue weighted by atomic mass is 35.5. The van der Waals surface area contributed by atoms with E-state index in [-0.39, 0.29) is 35.4 Å². The van der Waals surface area contributed by atoms with Crippen LogP contribution in [0.3, 0.4) is 0 Å². The Hall–Kier alpha value is -3.49. The standard InChI is InChI=1S/C34H37ClF2N4O2/c1-2-26-27(5-3-6-30(26)35)34(43)40-19-17-39(18-20-40)33(42)7-4-15-38-16-14-32-29(22-38)28-21-24(37)10-13-31(28)41(32)25-11-8-23(36)9-12-25/h3,5-6,8-13,21,29,32H,2,4,7,14-20,22H2,1H3/t29-,32+/m0/s1. The van der Waals surface area contributed by atoms with Gasteiger partial charge in [0.15, 0.2) is 0 Å². The Morgan fingerprint density at radius 2 is 1.63 bits per heavy atom. The van der Waals surface area contributed by atoms with Crippen LogP contribution in [0.25, 0.3) is 0 Å². The summed E-state index contributed by atoms with van der Waals surface area (Å²) < 4.78 is 28.0. The number of piperazine rings is 1. The normalized spacial score (nSPS) is 20.2. The minimum absolute atomic E-state index is 0.0267. The summed E-state index contributed by atoms with van der Waals surface area (Å²) in [6.45, 7) is 6.54. The van der Waals surface area contributed by atoms with Gasteiger partial charge >= 0.3 is 0 Å². The first kappa shape index (κ1) is 29.6. The summed E-state index contributed by atoms with van der Waals surface area (Å²) >= 11 is 6.32. The van der Waals surface area contributed by atoms with E-state index in [0.717, 1.165) is 55.0 Å². The highest BCUT2D eigenvalue weighted by molar-refractivity contribution is 6.31. The molecule has 43 heavy (non-hydrogen) atoms. The van der Waals surface area contributed by atoms with E-state index in [1.807, 2.05) is 41.0 Å². The number of rotatable bonds is 7. The van der Waals surface area contributed by atoms with E-state index in [1.165, 1.54) is 18.2 Å². The third-order valence-electron chi connectivity index (χ3n) is 9.23. The molecule has 226 valence electrons. The van der Waals surface area contributed by atoms with Crippen molar-refractivity contribution in [2.75, 3.05) is 50.7 Å². The van der Waals surface area contributed by atoms with Crippen molar-refractivity contribution >= 4 is 34.8 Å². The Morgan fingerprint density at radius 3 is 2.37 bits per heavy atom. The Balaban J connectivity index is 1.01. The van der Waals surface area contributed by atoms with E-state index in [4.69, 9.17) is 11.6 Å². The molecule has 0 bridgehead atoms. The molecule has 2 fully saturated rings. The molecule has 0 radical (unpaired) electrons. The second kappa shape index (κ2) is 12.6. The molecular formula is C34H37ClF2N4O2. The Morgan fingerprint density at radius 1 is 0.907 bits per heavy atom. The largest absolute Gasteiger partial charge is 0.339 e. The van der Waals surface area contributed by atoms with E-state index in [1.54, 1.807) is 18.2 Å². The maximum absolute atomic E-state index is 14.3. The van der Waals surface area contributed by atoms with Crippen molar-refractivity contribution < 1.29 is 18.4 Å². The first-order valence-corrected chi connectivity index (χ1v) is 15.6. The molecule has 3 heterocycles. The molecule has 3 aromatic carbocycles. The zero-order chi connectivity index (χ0) is 30.1. The van der Waals surface area contributed by atoms with E-state index in [9.17, 15) is 18.4 Å². The number of anilines is 2. The van der Waals surface area contributed by atoms with Gasteiger partial charge in [0.1, 0.15) is 11.6 Å². The van der Waals surface area contributed by atoms with Gasteiger partial charge < -0.3 is 19.6 Å². The molecule has 0 aromatic heterocycles. The van der Waals surface area contributed by atoms with Crippen molar-refractivity contribution in [3.05, 3.63) is 94.0 Å². The van der Waals surface area contributed by atoms with E-state index in [0.29, 0.717) is 49.6 Å². The van der Waals surface area contributed by atoms with E-state index in [2.05, 4.69) is 9.80 Å². The summed E-state index contributed by atoms with van der Waals surface area (Å²) in [6.07, 6.45) is 2.79. The summed E-state index contributed by atoms with van der Waals surface area (Å²) in [5, 5.41) is 0.612. The molecule has 3 aliphatic rings. The number of halogens is 3. The smallest absolute Gasteiger partial charge is 0.254 e. The third-order valence-corrected chi connectivity index (χ3v) is 9.59. The van der Waals surface area contributed by atoms with E-state index < -0.39 is 0 Å². The number of amides is 2. The van der Waals surface area contributed by atoms with Gasteiger partial charge in [-0.3, -0.25) is 9.59 Å². The first-order chi connectivity index (χ1) is 20.8. The lowest BCUT2D eigenvalue weighted by atomic mass is 9.89. The molecule has 2 amide bonds. The van der Waals surface area contributed by atoms with Gasteiger partial charge in [0.2, 0.25) is 5.91 Å². The number of likely N-dealkylation sites (tertiary alicyclic amines) is 1. The monoisotopic (exact) mass is 606 g/mol. The number of benzene rings is 3. The van der Waals surface area contributed by atoms with Crippen LogP contribution < -0.4 is 4.90 Å². The SMILES string of the molecule is CCc1c(Cl)cccc1C(=O)N1CCN(C(=O)CCCN2CC[C@@H]3[C@@H](C2)c2cc(F)ccc2N3c2ccc(F)cc2)CC1. The average molecular weight is 607 g/mol. The highest BCUT2D eigenvalue weighted by Gasteiger charge is 2.42. The van der Waals surface area contributed by atoms with E-state index >= 15 is 0 Å². The molecule has 9 heteroatoms. The predicted molar refractivity (Wildman–Crippen MR) is 165 cm³/mol. The van der Waals surface area contributed by atoms with Gasteiger partial charge in [-0.15, -0.1) is 0 Å². The number of hydrogen-bond acceptors (Lipinski definition) is 4. The van der Waals surface area contributed by atoms with Crippen LogP contribution in [0.1, 0.15) is 53.6 Å². The zero-order valence-electron chi connectivity index (χ0n) is 24.4. The molecule has 2 saturated heterocycles. The maximum Gasteiger partial charge on any atom is 0.254 e. The van der Waals surface area contributed by atoms with Crippen LogP contribution in [-0.2, 0) is 11.2 Å². The van der Waals surface area contributed by atoms with Gasteiger partial charge in [0, 0.05) is 79.6 Å². The third kappa shape index (κ3) is 6.00. The molecule has 0 N–H and O–H groups in total. The Bertz CT molecular complexity index is 1490. The maximum atomic E-state index is 14.3. The van der Waals surface area contributed by atoms with Crippen LogP contribution in [-0.4, -0.2) is 78.4 Å². The highest BCUT2D eigenvalue weighted by Crippen LogP contribution is 2.48. The summed E-state index contributed by atoms with van der Waals surface area (Å²) in [4.78, 5) is 34.5. The van der Waals surface area contributed by atoms with Gasteiger partial charge in [0.05, 0.1) is 0 Å². The van der Waals surface area contributed by atoms with Gasteiger partial charge in [-0.1, -0.05) is 24.6 Å². The van der Waals surface area contributed by atoms with Crippen molar-refractivity contribution in [3.8, 4) is 0 Å². The summed E-state index contributed by atoms with van der Waals surface area (Å²) in [6, 6.07) is 17.1. The van der Waals surface area contributed by atoms with Crippen LogP contribution in [0, 0.1) is 11.6 Å². The summed E-state index contributed by atoms with van der Waals surface area (Å²) in [7, 11) is 0. The van der Waals surface area contributed by atoms with Crippen molar-refractivity contribution in [2.24, 2.45) is 0 Å². The molecule has 6 rings (SSSR count). The molecule has 0 unspecified atom stereocenters. The minimum Gasteiger partial charge on any atom is -0.339 e. The minimum atomic E-state index is -0.276. The second-order valence-electron chi connectivity index (χ2n) is 11.7. The van der Waals surface area contributed by atoms with Crippen molar-refractivity contribution in [1.82, 2.24) is 14.7 Å². The summed E-state index contributed by atoms with van der Waals surface area (Å²) in [5.41, 5.74) is 4.41. The second-order valence-corrected chi connectivity index (χ2v) is 12.1. The quantitative estimate of drug-likeness (QED) is 0.319. The zero-order valence-corrected chi connectivity index (χ0v) is 25.2. The molecule has 3 aromatic rings. The van der Waals surface area contributed by atoms with Crippen LogP contribution in [0.2, 0.25) is 5.02 Å². The van der Waals surface area contributed by atoms with Gasteiger partial charge in [-0.05, 0) is 91.5 Å². The molecule has 2 atom stereocenters. The number of fused-ring (bicyclic) bond motifs is 3. The first-order valence-electron chi connectivity index (χ1n) is 15.2. The fourth-order valence-electron chi connectivity index (χ4n) is 7.04. The number of carbonyl (C=O) groups is 2. The van der Waals surface area contributed by atoms with Crippen LogP contribution in [0.15, 0.2) is 60.7 Å². The number of nitrogens with zero attached hydrogens (tertiary/aromatic N) is 4. The van der Waals surface area contributed by atoms with Crippen LogP contribution in [0.5, 0.6) is 0 Å². The molecule has 3 aliphatic heterocycles. The lowest BCUT2D eigenvalue weighted by Gasteiger charge is -2.39. The fraction of sp³-hybridized carbons (Fsp3) is 0.412. The molecule has 0 saturated carbocycles. The van der Waals surface area contributed by atoms with Crippen LogP contribution >= 0.6 is 11.6 Å². The molecule has 0 aliphatic carbocycles. The Kier molecular flexibility index (Phi) is 8.68.